The van der Waals surface area contributed by atoms with E-state index in [2.05, 4.69) is 20.0 Å². The Balaban J connectivity index is 2.81. The number of esters is 1. The van der Waals surface area contributed by atoms with Gasteiger partial charge in [-0.2, -0.15) is 0 Å². The van der Waals surface area contributed by atoms with Crippen molar-refractivity contribution in [2.75, 3.05) is 12.4 Å². The average molecular weight is 211 g/mol. The van der Waals surface area contributed by atoms with Gasteiger partial charge in [-0.15, -0.1) is 0 Å². The van der Waals surface area contributed by atoms with Gasteiger partial charge in [0.15, 0.2) is 0 Å². The summed E-state index contributed by atoms with van der Waals surface area (Å²) in [5, 5.41) is 2.77. The SMILES string of the molecule is COC(=O)C(C)Nc1cc(=O)[nH]c(C)n1. The van der Waals surface area contributed by atoms with E-state index in [-0.39, 0.29) is 5.56 Å². The highest BCUT2D eigenvalue weighted by Gasteiger charge is 2.13. The first-order chi connectivity index (χ1) is 7.02. The van der Waals surface area contributed by atoms with Crippen molar-refractivity contribution in [1.82, 2.24) is 9.97 Å². The van der Waals surface area contributed by atoms with Crippen molar-refractivity contribution in [3.8, 4) is 0 Å². The van der Waals surface area contributed by atoms with E-state index in [1.165, 1.54) is 13.2 Å². The Hall–Kier alpha value is -1.85. The van der Waals surface area contributed by atoms with E-state index in [0.29, 0.717) is 11.6 Å². The molecule has 1 heterocycles. The van der Waals surface area contributed by atoms with Crippen LogP contribution in [0.3, 0.4) is 0 Å². The Labute approximate surface area is 86.7 Å². The van der Waals surface area contributed by atoms with Gasteiger partial charge >= 0.3 is 5.97 Å². The summed E-state index contributed by atoms with van der Waals surface area (Å²) in [6, 6.07) is 0.746. The highest BCUT2D eigenvalue weighted by atomic mass is 16.5. The molecule has 82 valence electrons. The Bertz CT molecular complexity index is 413. The topological polar surface area (TPSA) is 84.1 Å². The van der Waals surface area contributed by atoms with E-state index in [9.17, 15) is 9.59 Å². The Morgan fingerprint density at radius 1 is 1.67 bits per heavy atom. The zero-order valence-electron chi connectivity index (χ0n) is 8.83. The number of hydrogen-bond donors (Lipinski definition) is 2. The molecule has 1 aromatic heterocycles. The maximum absolute atomic E-state index is 11.1. The summed E-state index contributed by atoms with van der Waals surface area (Å²) < 4.78 is 4.53. The molecular weight excluding hydrogens is 198 g/mol. The molecule has 0 aromatic carbocycles. The first-order valence-electron chi connectivity index (χ1n) is 4.45. The van der Waals surface area contributed by atoms with Gasteiger partial charge in [0, 0.05) is 6.07 Å². The number of carbonyl (C=O) groups excluding carboxylic acids is 1. The van der Waals surface area contributed by atoms with Crippen LogP contribution in [0, 0.1) is 6.92 Å². The van der Waals surface area contributed by atoms with Crippen molar-refractivity contribution in [3.63, 3.8) is 0 Å². The number of aromatic nitrogens is 2. The maximum atomic E-state index is 11.1. The molecule has 0 radical (unpaired) electrons. The number of hydrogen-bond acceptors (Lipinski definition) is 5. The van der Waals surface area contributed by atoms with E-state index in [1.807, 2.05) is 0 Å². The van der Waals surface area contributed by atoms with Gasteiger partial charge in [-0.05, 0) is 13.8 Å². The molecule has 0 aliphatic carbocycles. The number of ether oxygens (including phenoxy) is 1. The molecule has 0 aliphatic rings. The maximum Gasteiger partial charge on any atom is 0.328 e. The summed E-state index contributed by atoms with van der Waals surface area (Å²) in [7, 11) is 1.30. The van der Waals surface area contributed by atoms with Gasteiger partial charge in [-0.25, -0.2) is 9.78 Å². The van der Waals surface area contributed by atoms with Crippen molar-refractivity contribution in [2.45, 2.75) is 19.9 Å². The monoisotopic (exact) mass is 211 g/mol. The van der Waals surface area contributed by atoms with Gasteiger partial charge in [-0.3, -0.25) is 4.79 Å². The van der Waals surface area contributed by atoms with E-state index in [1.54, 1.807) is 13.8 Å². The van der Waals surface area contributed by atoms with Crippen LogP contribution < -0.4 is 10.9 Å². The van der Waals surface area contributed by atoms with Gasteiger partial charge in [0.1, 0.15) is 17.7 Å². The molecule has 15 heavy (non-hydrogen) atoms. The van der Waals surface area contributed by atoms with Crippen LogP contribution in [-0.2, 0) is 9.53 Å². The third-order valence-electron chi connectivity index (χ3n) is 1.78. The van der Waals surface area contributed by atoms with Crippen LogP contribution in [0.1, 0.15) is 12.7 Å². The molecule has 0 bridgehead atoms. The fourth-order valence-corrected chi connectivity index (χ4v) is 1.11. The molecule has 6 nitrogen and oxygen atoms in total. The highest BCUT2D eigenvalue weighted by Crippen LogP contribution is 2.01. The first kappa shape index (κ1) is 11.2. The van der Waals surface area contributed by atoms with Crippen LogP contribution in [0.5, 0.6) is 0 Å². The minimum atomic E-state index is -0.538. The largest absolute Gasteiger partial charge is 0.467 e. The third kappa shape index (κ3) is 3.08. The van der Waals surface area contributed by atoms with E-state index < -0.39 is 12.0 Å². The van der Waals surface area contributed by atoms with Crippen LogP contribution in [0.25, 0.3) is 0 Å². The molecule has 2 N–H and O–H groups in total. The van der Waals surface area contributed by atoms with Crippen LogP contribution in [0.2, 0.25) is 0 Å². The van der Waals surface area contributed by atoms with E-state index in [4.69, 9.17) is 0 Å². The van der Waals surface area contributed by atoms with Gasteiger partial charge in [0.2, 0.25) is 0 Å². The molecular formula is C9H13N3O3. The second-order valence-corrected chi connectivity index (χ2v) is 3.11. The second kappa shape index (κ2) is 4.59. The molecule has 0 fully saturated rings. The number of nitrogens with one attached hydrogen (secondary N) is 2. The molecule has 0 spiro atoms. The number of aryl methyl sites for hydroxylation is 1. The fourth-order valence-electron chi connectivity index (χ4n) is 1.11. The van der Waals surface area contributed by atoms with Crippen molar-refractivity contribution >= 4 is 11.8 Å². The smallest absolute Gasteiger partial charge is 0.328 e. The van der Waals surface area contributed by atoms with Crippen LogP contribution in [0.4, 0.5) is 5.82 Å². The average Bonchev–Trinajstić information content (AvgIpc) is 2.14. The summed E-state index contributed by atoms with van der Waals surface area (Å²) in [5.74, 6) is 0.436. The van der Waals surface area contributed by atoms with Gasteiger partial charge in [0.05, 0.1) is 7.11 Å². The van der Waals surface area contributed by atoms with E-state index in [0.717, 1.165) is 0 Å². The van der Waals surface area contributed by atoms with E-state index >= 15 is 0 Å². The minimum absolute atomic E-state index is 0.262. The number of methoxy groups -OCH3 is 1. The molecule has 1 atom stereocenters. The van der Waals surface area contributed by atoms with Gasteiger partial charge < -0.3 is 15.0 Å². The molecule has 0 saturated carbocycles. The van der Waals surface area contributed by atoms with Gasteiger partial charge in [0.25, 0.3) is 5.56 Å². The molecule has 0 amide bonds. The lowest BCUT2D eigenvalue weighted by Gasteiger charge is -2.11. The predicted molar refractivity (Wildman–Crippen MR) is 54.7 cm³/mol. The summed E-state index contributed by atoms with van der Waals surface area (Å²) in [4.78, 5) is 28.7. The number of H-pyrrole nitrogens is 1. The zero-order chi connectivity index (χ0) is 11.4. The van der Waals surface area contributed by atoms with Crippen LogP contribution in [0.15, 0.2) is 10.9 Å². The summed E-state index contributed by atoms with van der Waals surface area (Å²) in [5.41, 5.74) is -0.262. The van der Waals surface area contributed by atoms with Crippen molar-refractivity contribution in [2.24, 2.45) is 0 Å². The van der Waals surface area contributed by atoms with Crippen LogP contribution in [-0.4, -0.2) is 29.1 Å². The lowest BCUT2D eigenvalue weighted by atomic mass is 10.3. The lowest BCUT2D eigenvalue weighted by molar-refractivity contribution is -0.141. The second-order valence-electron chi connectivity index (χ2n) is 3.11. The van der Waals surface area contributed by atoms with Crippen molar-refractivity contribution < 1.29 is 9.53 Å². The number of aromatic amines is 1. The minimum Gasteiger partial charge on any atom is -0.467 e. The molecule has 1 aromatic rings. The Morgan fingerprint density at radius 3 is 2.87 bits per heavy atom. The quantitative estimate of drug-likeness (QED) is 0.690. The number of nitrogens with zero attached hydrogens (tertiary/aromatic N) is 1. The van der Waals surface area contributed by atoms with Crippen molar-refractivity contribution in [3.05, 3.63) is 22.2 Å². The molecule has 0 saturated heterocycles. The fraction of sp³-hybridized carbons (Fsp3) is 0.444. The summed E-state index contributed by atoms with van der Waals surface area (Å²) >= 11 is 0. The zero-order valence-corrected chi connectivity index (χ0v) is 8.83. The molecule has 1 rings (SSSR count). The predicted octanol–water partition coefficient (Wildman–Crippen LogP) is 0.0517. The van der Waals surface area contributed by atoms with Gasteiger partial charge in [-0.1, -0.05) is 0 Å². The number of carbonyl (C=O) groups is 1. The lowest BCUT2D eigenvalue weighted by Crippen LogP contribution is -2.28. The highest BCUT2D eigenvalue weighted by molar-refractivity contribution is 5.78. The Morgan fingerprint density at radius 2 is 2.33 bits per heavy atom. The van der Waals surface area contributed by atoms with Crippen molar-refractivity contribution in [1.29, 1.82) is 0 Å². The normalized spacial score (nSPS) is 11.9. The summed E-state index contributed by atoms with van der Waals surface area (Å²) in [6.07, 6.45) is 0. The van der Waals surface area contributed by atoms with Crippen LogP contribution >= 0.6 is 0 Å². The summed E-state index contributed by atoms with van der Waals surface area (Å²) in [6.45, 7) is 3.29. The molecule has 0 aliphatic heterocycles. The standard InChI is InChI=1S/C9H13N3O3/c1-5(9(14)15-3)10-7-4-8(13)12-6(2)11-7/h4-5H,1-3H3,(H2,10,11,12,13). The first-order valence-corrected chi connectivity index (χ1v) is 4.45. The molecule has 6 heteroatoms. The molecule has 1 unspecified atom stereocenters. The number of rotatable bonds is 3. The Kier molecular flexibility index (Phi) is 3.43. The number of anilines is 1. The third-order valence-corrected chi connectivity index (χ3v) is 1.78.